The summed E-state index contributed by atoms with van der Waals surface area (Å²) in [4.78, 5) is 30.8. The molecule has 134 valence electrons. The van der Waals surface area contributed by atoms with Gasteiger partial charge in [0.25, 0.3) is 11.1 Å². The van der Waals surface area contributed by atoms with Crippen LogP contribution < -0.4 is 10.6 Å². The largest absolute Gasteiger partial charge is 0.312 e. The van der Waals surface area contributed by atoms with Crippen molar-refractivity contribution in [3.63, 3.8) is 0 Å². The number of benzene rings is 1. The van der Waals surface area contributed by atoms with E-state index in [2.05, 4.69) is 21.7 Å². The molecule has 0 spiro atoms. The van der Waals surface area contributed by atoms with Gasteiger partial charge in [0.1, 0.15) is 0 Å². The topological polar surface area (TPSA) is 71.1 Å². The maximum Gasteiger partial charge on any atom is 0.290 e. The van der Waals surface area contributed by atoms with Crippen LogP contribution in [0.3, 0.4) is 0 Å². The molecule has 0 unspecified atom stereocenters. The maximum atomic E-state index is 11.8. The first-order valence-electron chi connectivity index (χ1n) is 8.64. The highest BCUT2D eigenvalue weighted by atomic mass is 32.2. The molecule has 2 aromatic heterocycles. The SMILES string of the molecule is O=C1NC(=O)/C(=C\c2ccc3nccc(-c4cc5c(s4)CCNC5)c3c2)S1. The van der Waals surface area contributed by atoms with Crippen molar-refractivity contribution in [1.29, 1.82) is 0 Å². The molecule has 27 heavy (non-hydrogen) atoms. The Hall–Kier alpha value is -2.48. The smallest absolute Gasteiger partial charge is 0.290 e. The molecule has 0 aliphatic carbocycles. The van der Waals surface area contributed by atoms with Crippen LogP contribution in [0.4, 0.5) is 4.79 Å². The molecule has 5 rings (SSSR count). The fourth-order valence-corrected chi connectivity index (χ4v) is 5.33. The number of hydrogen-bond donors (Lipinski definition) is 2. The summed E-state index contributed by atoms with van der Waals surface area (Å²) in [6, 6.07) is 10.2. The second-order valence-electron chi connectivity index (χ2n) is 6.47. The minimum Gasteiger partial charge on any atom is -0.312 e. The van der Waals surface area contributed by atoms with E-state index in [1.807, 2.05) is 41.8 Å². The van der Waals surface area contributed by atoms with Crippen molar-refractivity contribution in [1.82, 2.24) is 15.6 Å². The predicted molar refractivity (Wildman–Crippen MR) is 110 cm³/mol. The van der Waals surface area contributed by atoms with Crippen LogP contribution in [0.15, 0.2) is 41.4 Å². The molecule has 2 amide bonds. The van der Waals surface area contributed by atoms with Crippen molar-refractivity contribution in [2.45, 2.75) is 13.0 Å². The molecule has 1 aromatic carbocycles. The molecule has 2 N–H and O–H groups in total. The first kappa shape index (κ1) is 16.7. The van der Waals surface area contributed by atoms with Gasteiger partial charge in [0, 0.05) is 40.0 Å². The Morgan fingerprint density at radius 3 is 2.89 bits per heavy atom. The van der Waals surface area contributed by atoms with Gasteiger partial charge in [-0.15, -0.1) is 11.3 Å². The van der Waals surface area contributed by atoms with Crippen LogP contribution >= 0.6 is 23.1 Å². The fourth-order valence-electron chi connectivity index (χ4n) is 3.43. The van der Waals surface area contributed by atoms with E-state index in [0.717, 1.165) is 53.3 Å². The second-order valence-corrected chi connectivity index (χ2v) is 8.62. The van der Waals surface area contributed by atoms with Gasteiger partial charge in [-0.2, -0.15) is 0 Å². The number of thiophene rings is 1. The summed E-state index contributed by atoms with van der Waals surface area (Å²) in [6.45, 7) is 1.95. The molecule has 2 aliphatic rings. The second kappa shape index (κ2) is 6.60. The molecule has 1 saturated heterocycles. The average Bonchev–Trinajstić information content (AvgIpc) is 3.23. The first-order valence-corrected chi connectivity index (χ1v) is 10.3. The summed E-state index contributed by atoms with van der Waals surface area (Å²) in [5.74, 6) is -0.338. The lowest BCUT2D eigenvalue weighted by Gasteiger charge is -2.10. The van der Waals surface area contributed by atoms with E-state index in [1.54, 1.807) is 6.08 Å². The molecule has 0 atom stereocenters. The molecule has 0 radical (unpaired) electrons. The van der Waals surface area contributed by atoms with Crippen molar-refractivity contribution in [2.24, 2.45) is 0 Å². The van der Waals surface area contributed by atoms with Crippen LogP contribution in [0, 0.1) is 0 Å². The number of pyridine rings is 1. The van der Waals surface area contributed by atoms with Gasteiger partial charge in [0.05, 0.1) is 10.4 Å². The average molecular weight is 393 g/mol. The number of nitrogens with zero attached hydrogens (tertiary/aromatic N) is 1. The molecule has 3 aromatic rings. The number of amides is 2. The third-order valence-electron chi connectivity index (χ3n) is 4.71. The summed E-state index contributed by atoms with van der Waals surface area (Å²) >= 11 is 2.78. The minimum absolute atomic E-state index is 0.327. The number of fused-ring (bicyclic) bond motifs is 2. The maximum absolute atomic E-state index is 11.8. The zero-order chi connectivity index (χ0) is 18.4. The Morgan fingerprint density at radius 1 is 1.15 bits per heavy atom. The number of imide groups is 1. The highest BCUT2D eigenvalue weighted by Gasteiger charge is 2.25. The highest BCUT2D eigenvalue weighted by Crippen LogP contribution is 2.37. The Labute approximate surface area is 163 Å². The monoisotopic (exact) mass is 393 g/mol. The molecule has 0 saturated carbocycles. The van der Waals surface area contributed by atoms with Crippen LogP contribution in [-0.4, -0.2) is 22.7 Å². The van der Waals surface area contributed by atoms with E-state index < -0.39 is 0 Å². The van der Waals surface area contributed by atoms with Gasteiger partial charge in [-0.3, -0.25) is 19.9 Å². The number of rotatable bonds is 2. The van der Waals surface area contributed by atoms with Gasteiger partial charge in [-0.05, 0) is 59.7 Å². The third kappa shape index (κ3) is 3.07. The Balaban J connectivity index is 1.61. The molecule has 4 heterocycles. The molecular weight excluding hydrogens is 378 g/mol. The van der Waals surface area contributed by atoms with E-state index in [1.165, 1.54) is 15.3 Å². The molecule has 5 nitrogen and oxygen atoms in total. The van der Waals surface area contributed by atoms with E-state index in [-0.39, 0.29) is 11.1 Å². The van der Waals surface area contributed by atoms with Gasteiger partial charge < -0.3 is 5.32 Å². The predicted octanol–water partition coefficient (Wildman–Crippen LogP) is 3.93. The summed E-state index contributed by atoms with van der Waals surface area (Å²) < 4.78 is 0. The number of thioether (sulfide) groups is 1. The summed E-state index contributed by atoms with van der Waals surface area (Å²) in [5.41, 5.74) is 4.33. The molecule has 7 heteroatoms. The molecule has 0 bridgehead atoms. The van der Waals surface area contributed by atoms with Gasteiger partial charge in [0.15, 0.2) is 0 Å². The lowest BCUT2D eigenvalue weighted by atomic mass is 10.0. The van der Waals surface area contributed by atoms with Gasteiger partial charge in [-0.1, -0.05) is 6.07 Å². The van der Waals surface area contributed by atoms with Gasteiger partial charge in [-0.25, -0.2) is 0 Å². The van der Waals surface area contributed by atoms with E-state index in [9.17, 15) is 9.59 Å². The van der Waals surface area contributed by atoms with Crippen LogP contribution in [-0.2, 0) is 17.8 Å². The van der Waals surface area contributed by atoms with Crippen molar-refractivity contribution < 1.29 is 9.59 Å². The first-order chi connectivity index (χ1) is 13.2. The summed E-state index contributed by atoms with van der Waals surface area (Å²) in [7, 11) is 0. The van der Waals surface area contributed by atoms with E-state index in [4.69, 9.17) is 0 Å². The Bertz CT molecular complexity index is 1110. The normalized spacial score (nSPS) is 18.1. The van der Waals surface area contributed by atoms with E-state index in [0.29, 0.717) is 4.91 Å². The minimum atomic E-state index is -0.338. The number of hydrogen-bond acceptors (Lipinski definition) is 6. The Kier molecular flexibility index (Phi) is 4.07. The van der Waals surface area contributed by atoms with Crippen molar-refractivity contribution >= 4 is 51.2 Å². The summed E-state index contributed by atoms with van der Waals surface area (Å²) in [5, 5.41) is 6.43. The fraction of sp³-hybridized carbons (Fsp3) is 0.150. The van der Waals surface area contributed by atoms with Crippen LogP contribution in [0.5, 0.6) is 0 Å². The highest BCUT2D eigenvalue weighted by molar-refractivity contribution is 8.18. The van der Waals surface area contributed by atoms with E-state index >= 15 is 0 Å². The van der Waals surface area contributed by atoms with Gasteiger partial charge in [0.2, 0.25) is 0 Å². The Morgan fingerprint density at radius 2 is 2.07 bits per heavy atom. The van der Waals surface area contributed by atoms with Gasteiger partial charge >= 0.3 is 0 Å². The summed E-state index contributed by atoms with van der Waals surface area (Å²) in [6.07, 6.45) is 4.66. The zero-order valence-corrected chi connectivity index (χ0v) is 15.9. The molecular formula is C20H15N3O2S2. The molecule has 1 fully saturated rings. The lowest BCUT2D eigenvalue weighted by Crippen LogP contribution is -2.21. The number of carbonyl (C=O) groups excluding carboxylic acids is 2. The quantitative estimate of drug-likeness (QED) is 0.646. The van der Waals surface area contributed by atoms with Crippen LogP contribution in [0.25, 0.3) is 27.4 Å². The molecule has 2 aliphatic heterocycles. The third-order valence-corrected chi connectivity index (χ3v) is 6.79. The number of aromatic nitrogens is 1. The standard InChI is InChI=1S/C20H15N3O2S2/c24-19-18(27-20(25)23-19)8-11-1-2-15-14(7-11)13(3-6-22-15)17-9-12-10-21-5-4-16(12)26-17/h1-3,6-9,21H,4-5,10H2,(H,23,24,25)/b18-8+. The van der Waals surface area contributed by atoms with Crippen molar-refractivity contribution in [3.05, 3.63) is 57.4 Å². The zero-order valence-electron chi connectivity index (χ0n) is 14.2. The lowest BCUT2D eigenvalue weighted by molar-refractivity contribution is -0.115. The number of carbonyl (C=O) groups is 2. The number of nitrogens with one attached hydrogen (secondary N) is 2. The van der Waals surface area contributed by atoms with Crippen LogP contribution in [0.1, 0.15) is 16.0 Å². The van der Waals surface area contributed by atoms with Crippen LogP contribution in [0.2, 0.25) is 0 Å². The van der Waals surface area contributed by atoms with Crippen molar-refractivity contribution in [3.8, 4) is 10.4 Å². The van der Waals surface area contributed by atoms with Crippen molar-refractivity contribution in [2.75, 3.05) is 6.54 Å².